The molecule has 2 aromatic heterocycles. The van der Waals surface area contributed by atoms with Gasteiger partial charge < -0.3 is 25.8 Å². The fraction of sp³-hybridized carbons (Fsp3) is 0.500. The average Bonchev–Trinajstić information content (AvgIpc) is 2.80. The number of aliphatic hydroxyl groups excluding tert-OH is 3. The van der Waals surface area contributed by atoms with E-state index >= 15 is 0 Å². The number of ether oxygens (including phenoxy) is 1. The van der Waals surface area contributed by atoms with Gasteiger partial charge in [-0.05, 0) is 11.6 Å². The minimum absolute atomic E-state index is 0.0670. The van der Waals surface area contributed by atoms with Gasteiger partial charge in [-0.3, -0.25) is 4.57 Å². The zero-order chi connectivity index (χ0) is 14.4. The van der Waals surface area contributed by atoms with E-state index in [-0.39, 0.29) is 23.4 Å². The number of anilines is 1. The first-order valence-corrected chi connectivity index (χ1v) is 6.18. The summed E-state index contributed by atoms with van der Waals surface area (Å²) < 4.78 is 6.71. The van der Waals surface area contributed by atoms with Crippen LogP contribution in [0.3, 0.4) is 0 Å². The molecule has 0 aromatic carbocycles. The Balaban J connectivity index is 2.06. The Morgan fingerprint density at radius 3 is 2.80 bits per heavy atom. The predicted molar refractivity (Wildman–Crippen MR) is 67.8 cm³/mol. The summed E-state index contributed by atoms with van der Waals surface area (Å²) in [5.41, 5.74) is 6.26. The summed E-state index contributed by atoms with van der Waals surface area (Å²) in [7, 11) is 0. The summed E-state index contributed by atoms with van der Waals surface area (Å²) in [6.07, 6.45) is -3.43. The van der Waals surface area contributed by atoms with Gasteiger partial charge in [-0.15, -0.1) is 0 Å². The van der Waals surface area contributed by atoms with Crippen molar-refractivity contribution in [3.8, 4) is 0 Å². The molecule has 1 saturated heterocycles. The molecule has 1 fully saturated rings. The number of nitrogens with zero attached hydrogens (tertiary/aromatic N) is 4. The van der Waals surface area contributed by atoms with Gasteiger partial charge in [0, 0.05) is 0 Å². The first-order valence-electron chi connectivity index (χ1n) is 5.80. The van der Waals surface area contributed by atoms with Crippen molar-refractivity contribution in [1.82, 2.24) is 19.5 Å². The number of imidazole rings is 1. The van der Waals surface area contributed by atoms with Crippen molar-refractivity contribution < 1.29 is 20.1 Å². The van der Waals surface area contributed by atoms with Gasteiger partial charge in [-0.2, -0.15) is 9.97 Å². The third-order valence-corrected chi connectivity index (χ3v) is 3.34. The lowest BCUT2D eigenvalue weighted by Crippen LogP contribution is -2.50. The molecule has 3 heterocycles. The largest absolute Gasteiger partial charge is 0.388 e. The number of nitrogen functional groups attached to an aromatic ring is 1. The smallest absolute Gasteiger partial charge is 0.226 e. The molecule has 3 rings (SSSR count). The second kappa shape index (κ2) is 4.79. The van der Waals surface area contributed by atoms with Gasteiger partial charge in [-0.25, -0.2) is 4.98 Å². The highest BCUT2D eigenvalue weighted by atomic mass is 35.5. The van der Waals surface area contributed by atoms with Gasteiger partial charge in [0.2, 0.25) is 5.28 Å². The van der Waals surface area contributed by atoms with Crippen molar-refractivity contribution in [1.29, 1.82) is 0 Å². The molecule has 0 spiro atoms. The maximum atomic E-state index is 9.99. The topological polar surface area (TPSA) is 140 Å². The lowest BCUT2D eigenvalue weighted by molar-refractivity contribution is -0.210. The van der Waals surface area contributed by atoms with Gasteiger partial charge in [-0.1, -0.05) is 0 Å². The van der Waals surface area contributed by atoms with E-state index in [1.807, 2.05) is 0 Å². The number of hydrogen-bond donors (Lipinski definition) is 4. The maximum Gasteiger partial charge on any atom is 0.226 e. The fourth-order valence-corrected chi connectivity index (χ4v) is 2.30. The Labute approximate surface area is 117 Å². The van der Waals surface area contributed by atoms with E-state index in [4.69, 9.17) is 22.1 Å². The molecular formula is C10H12ClN5O4. The molecule has 5 N–H and O–H groups in total. The summed E-state index contributed by atoms with van der Waals surface area (Å²) in [6, 6.07) is 0. The van der Waals surface area contributed by atoms with Crippen LogP contribution in [0.15, 0.2) is 6.33 Å². The van der Waals surface area contributed by atoms with Crippen LogP contribution in [0, 0.1) is 0 Å². The van der Waals surface area contributed by atoms with E-state index in [2.05, 4.69) is 15.0 Å². The second-order valence-corrected chi connectivity index (χ2v) is 4.81. The van der Waals surface area contributed by atoms with Crippen molar-refractivity contribution in [3.63, 3.8) is 0 Å². The standard InChI is InChI=1S/C10H12ClN5O4/c11-10-14-7(12)4-8(15-10)16(2-13-4)9-6(19)5(18)3(17)1-20-9/h2-3,5-6,9,17-19H,1H2,(H2,12,14,15)/t3-,5+,6-,9-/m1/s1. The first-order chi connectivity index (χ1) is 9.49. The predicted octanol–water partition coefficient (Wildman–Crippen LogP) is -1.33. The van der Waals surface area contributed by atoms with Crippen LogP contribution >= 0.6 is 11.6 Å². The highest BCUT2D eigenvalue weighted by Crippen LogP contribution is 2.28. The van der Waals surface area contributed by atoms with E-state index in [1.54, 1.807) is 0 Å². The van der Waals surface area contributed by atoms with Crippen LogP contribution < -0.4 is 5.73 Å². The van der Waals surface area contributed by atoms with Gasteiger partial charge in [0.15, 0.2) is 17.7 Å². The molecular weight excluding hydrogens is 290 g/mol. The number of aromatic nitrogens is 4. The van der Waals surface area contributed by atoms with E-state index in [0.717, 1.165) is 0 Å². The average molecular weight is 302 g/mol. The summed E-state index contributed by atoms with van der Waals surface area (Å²) in [5, 5.41) is 29.1. The first kappa shape index (κ1) is 13.5. The molecule has 0 unspecified atom stereocenters. The Bertz CT molecular complexity index is 650. The lowest BCUT2D eigenvalue weighted by Gasteiger charge is -2.35. The minimum Gasteiger partial charge on any atom is -0.388 e. The minimum atomic E-state index is -1.34. The Kier molecular flexibility index (Phi) is 3.22. The van der Waals surface area contributed by atoms with Crippen LogP contribution in [0.1, 0.15) is 6.23 Å². The molecule has 9 nitrogen and oxygen atoms in total. The van der Waals surface area contributed by atoms with Crippen LogP contribution in [0.25, 0.3) is 11.2 Å². The monoisotopic (exact) mass is 301 g/mol. The van der Waals surface area contributed by atoms with Crippen LogP contribution in [0.4, 0.5) is 5.82 Å². The Morgan fingerprint density at radius 1 is 1.30 bits per heavy atom. The summed E-state index contributed by atoms with van der Waals surface area (Å²) >= 11 is 5.74. The number of aliphatic hydroxyl groups is 3. The molecule has 1 aliphatic heterocycles. The van der Waals surface area contributed by atoms with Crippen molar-refractivity contribution >= 4 is 28.6 Å². The number of halogens is 1. The fourth-order valence-electron chi connectivity index (χ4n) is 2.13. The molecule has 10 heteroatoms. The summed E-state index contributed by atoms with van der Waals surface area (Å²) in [5.74, 6) is 0.102. The zero-order valence-electron chi connectivity index (χ0n) is 10.1. The third-order valence-electron chi connectivity index (χ3n) is 3.17. The Hall–Kier alpha value is -1.52. The molecule has 2 aromatic rings. The molecule has 0 aliphatic carbocycles. The van der Waals surface area contributed by atoms with Crippen LogP contribution in [-0.4, -0.2) is 59.8 Å². The molecule has 4 atom stereocenters. The molecule has 1 aliphatic rings. The molecule has 0 amide bonds. The van der Waals surface area contributed by atoms with Gasteiger partial charge >= 0.3 is 0 Å². The summed E-state index contributed by atoms with van der Waals surface area (Å²) in [4.78, 5) is 11.8. The molecule has 108 valence electrons. The molecule has 0 bridgehead atoms. The maximum absolute atomic E-state index is 9.99. The van der Waals surface area contributed by atoms with Crippen molar-refractivity contribution in [2.75, 3.05) is 12.3 Å². The number of fused-ring (bicyclic) bond motifs is 1. The van der Waals surface area contributed by atoms with E-state index in [1.165, 1.54) is 10.9 Å². The lowest BCUT2D eigenvalue weighted by atomic mass is 10.0. The zero-order valence-corrected chi connectivity index (χ0v) is 10.8. The summed E-state index contributed by atoms with van der Waals surface area (Å²) in [6.45, 7) is -0.128. The Morgan fingerprint density at radius 2 is 2.05 bits per heavy atom. The van der Waals surface area contributed by atoms with E-state index in [0.29, 0.717) is 5.52 Å². The van der Waals surface area contributed by atoms with Gasteiger partial charge in [0.05, 0.1) is 12.9 Å². The van der Waals surface area contributed by atoms with Crippen molar-refractivity contribution in [3.05, 3.63) is 11.6 Å². The SMILES string of the molecule is Nc1nc(Cl)nc2c1ncn2[C@@H]1OC[C@@H](O)[C@H](O)[C@H]1O. The number of rotatable bonds is 1. The molecule has 20 heavy (non-hydrogen) atoms. The van der Waals surface area contributed by atoms with Crippen LogP contribution in [0.2, 0.25) is 5.28 Å². The second-order valence-electron chi connectivity index (χ2n) is 4.47. The van der Waals surface area contributed by atoms with Crippen molar-refractivity contribution in [2.45, 2.75) is 24.5 Å². The highest BCUT2D eigenvalue weighted by molar-refractivity contribution is 6.28. The van der Waals surface area contributed by atoms with Crippen molar-refractivity contribution in [2.24, 2.45) is 0 Å². The van der Waals surface area contributed by atoms with E-state index < -0.39 is 24.5 Å². The molecule has 0 radical (unpaired) electrons. The third kappa shape index (κ3) is 2.00. The van der Waals surface area contributed by atoms with Crippen LogP contribution in [0.5, 0.6) is 0 Å². The number of nitrogens with two attached hydrogens (primary N) is 1. The van der Waals surface area contributed by atoms with Gasteiger partial charge in [0.25, 0.3) is 0 Å². The quantitative estimate of drug-likeness (QED) is 0.475. The van der Waals surface area contributed by atoms with E-state index in [9.17, 15) is 15.3 Å². The van der Waals surface area contributed by atoms with Crippen LogP contribution in [-0.2, 0) is 4.74 Å². The highest BCUT2D eigenvalue weighted by Gasteiger charge is 2.39. The normalized spacial score (nSPS) is 30.8. The van der Waals surface area contributed by atoms with Gasteiger partial charge in [0.1, 0.15) is 23.8 Å². The number of hydrogen-bond acceptors (Lipinski definition) is 8. The molecule has 0 saturated carbocycles.